The molecule has 3 N–H and O–H groups in total. The summed E-state index contributed by atoms with van der Waals surface area (Å²) in [7, 11) is 0. The molecule has 3 aromatic rings. The van der Waals surface area contributed by atoms with Crippen molar-refractivity contribution >= 4 is 23.6 Å². The summed E-state index contributed by atoms with van der Waals surface area (Å²) in [6.07, 6.45) is -0.865. The van der Waals surface area contributed by atoms with Gasteiger partial charge < -0.3 is 25.3 Å². The molecule has 0 spiro atoms. The van der Waals surface area contributed by atoms with E-state index in [0.29, 0.717) is 11.5 Å². The SMILES string of the molecule is Nc1nc(COC(=O)[C@H]2COc3ccccc3O2)nc(Nc2ccccc2)n1. The molecule has 1 atom stereocenters. The zero-order chi connectivity index (χ0) is 19.3. The number of nitrogens with zero attached hydrogens (tertiary/aromatic N) is 3. The van der Waals surface area contributed by atoms with E-state index in [1.54, 1.807) is 18.2 Å². The highest BCUT2D eigenvalue weighted by Crippen LogP contribution is 2.31. The minimum absolute atomic E-state index is 0.0191. The molecule has 0 amide bonds. The van der Waals surface area contributed by atoms with Crippen molar-refractivity contribution in [1.29, 1.82) is 0 Å². The Labute approximate surface area is 160 Å². The van der Waals surface area contributed by atoms with Crippen molar-refractivity contribution in [3.05, 3.63) is 60.4 Å². The van der Waals surface area contributed by atoms with Crippen molar-refractivity contribution in [3.8, 4) is 11.5 Å². The lowest BCUT2D eigenvalue weighted by molar-refractivity contribution is -0.156. The molecule has 28 heavy (non-hydrogen) atoms. The van der Waals surface area contributed by atoms with E-state index in [1.807, 2.05) is 36.4 Å². The van der Waals surface area contributed by atoms with Crippen LogP contribution in [0.3, 0.4) is 0 Å². The summed E-state index contributed by atoms with van der Waals surface area (Å²) in [6.45, 7) is -0.105. The number of hydrogen-bond acceptors (Lipinski definition) is 9. The lowest BCUT2D eigenvalue weighted by atomic mass is 10.2. The van der Waals surface area contributed by atoms with Crippen LogP contribution in [0.1, 0.15) is 5.82 Å². The van der Waals surface area contributed by atoms with Gasteiger partial charge in [0.2, 0.25) is 18.0 Å². The largest absolute Gasteiger partial charge is 0.485 e. The number of aromatic nitrogens is 3. The minimum atomic E-state index is -0.865. The van der Waals surface area contributed by atoms with Gasteiger partial charge in [-0.25, -0.2) is 4.79 Å². The summed E-state index contributed by atoms with van der Waals surface area (Å²) in [6, 6.07) is 16.5. The molecule has 1 aromatic heterocycles. The number of fused-ring (bicyclic) bond motifs is 1. The number of ether oxygens (including phenoxy) is 3. The summed E-state index contributed by atoms with van der Waals surface area (Å²) in [5, 5.41) is 3.02. The van der Waals surface area contributed by atoms with Crippen molar-refractivity contribution in [2.24, 2.45) is 0 Å². The fourth-order valence-corrected chi connectivity index (χ4v) is 2.57. The first-order valence-corrected chi connectivity index (χ1v) is 8.55. The average Bonchev–Trinajstić information content (AvgIpc) is 2.72. The second-order valence-corrected chi connectivity index (χ2v) is 5.90. The second-order valence-electron chi connectivity index (χ2n) is 5.90. The number of carbonyl (C=O) groups is 1. The van der Waals surface area contributed by atoms with Crippen molar-refractivity contribution in [1.82, 2.24) is 15.0 Å². The summed E-state index contributed by atoms with van der Waals surface area (Å²) in [4.78, 5) is 24.5. The quantitative estimate of drug-likeness (QED) is 0.642. The fourth-order valence-electron chi connectivity index (χ4n) is 2.57. The van der Waals surface area contributed by atoms with Gasteiger partial charge in [-0.05, 0) is 24.3 Å². The van der Waals surface area contributed by atoms with Gasteiger partial charge in [-0.3, -0.25) is 0 Å². The minimum Gasteiger partial charge on any atom is -0.485 e. The number of para-hydroxylation sites is 3. The van der Waals surface area contributed by atoms with Gasteiger partial charge in [0.05, 0.1) is 0 Å². The van der Waals surface area contributed by atoms with Crippen molar-refractivity contribution < 1.29 is 19.0 Å². The Hall–Kier alpha value is -3.88. The normalized spacial score (nSPS) is 14.9. The number of rotatable bonds is 5. The van der Waals surface area contributed by atoms with Crippen LogP contribution in [0.4, 0.5) is 17.6 Å². The number of nitrogen functional groups attached to an aromatic ring is 1. The Morgan fingerprint density at radius 3 is 2.64 bits per heavy atom. The van der Waals surface area contributed by atoms with Crippen molar-refractivity contribution in [2.75, 3.05) is 17.7 Å². The molecule has 142 valence electrons. The van der Waals surface area contributed by atoms with Crippen LogP contribution in [0.15, 0.2) is 54.6 Å². The summed E-state index contributed by atoms with van der Waals surface area (Å²) < 4.78 is 16.4. The third-order valence-electron chi connectivity index (χ3n) is 3.84. The van der Waals surface area contributed by atoms with Crippen LogP contribution in [0.2, 0.25) is 0 Å². The summed E-state index contributed by atoms with van der Waals surface area (Å²) in [5.41, 5.74) is 6.52. The Bertz CT molecular complexity index is 983. The van der Waals surface area contributed by atoms with Gasteiger partial charge in [-0.1, -0.05) is 30.3 Å². The number of hydrogen-bond donors (Lipinski definition) is 2. The number of nitrogens with one attached hydrogen (secondary N) is 1. The molecule has 1 aliphatic heterocycles. The van der Waals surface area contributed by atoms with E-state index in [4.69, 9.17) is 19.9 Å². The van der Waals surface area contributed by atoms with Crippen LogP contribution in [0.25, 0.3) is 0 Å². The number of anilines is 3. The molecule has 2 aromatic carbocycles. The first-order chi connectivity index (χ1) is 13.7. The summed E-state index contributed by atoms with van der Waals surface area (Å²) >= 11 is 0. The molecular formula is C19H17N5O4. The smallest absolute Gasteiger partial charge is 0.351 e. The molecule has 9 nitrogen and oxygen atoms in total. The maximum Gasteiger partial charge on any atom is 0.351 e. The maximum absolute atomic E-state index is 12.3. The molecule has 0 aliphatic carbocycles. The van der Waals surface area contributed by atoms with Gasteiger partial charge in [0.15, 0.2) is 23.9 Å². The summed E-state index contributed by atoms with van der Waals surface area (Å²) in [5.74, 6) is 1.01. The lowest BCUT2D eigenvalue weighted by Gasteiger charge is -2.24. The lowest BCUT2D eigenvalue weighted by Crippen LogP contribution is -2.37. The third-order valence-corrected chi connectivity index (χ3v) is 3.84. The molecule has 0 unspecified atom stereocenters. The number of esters is 1. The van der Waals surface area contributed by atoms with Crippen LogP contribution >= 0.6 is 0 Å². The average molecular weight is 379 g/mol. The number of benzene rings is 2. The Kier molecular flexibility index (Phi) is 4.87. The molecule has 0 radical (unpaired) electrons. The Balaban J connectivity index is 1.39. The molecule has 2 heterocycles. The number of carbonyl (C=O) groups excluding carboxylic acids is 1. The predicted molar refractivity (Wildman–Crippen MR) is 100 cm³/mol. The van der Waals surface area contributed by atoms with Crippen molar-refractivity contribution in [3.63, 3.8) is 0 Å². The van der Waals surface area contributed by atoms with Gasteiger partial charge in [-0.2, -0.15) is 15.0 Å². The zero-order valence-corrected chi connectivity index (χ0v) is 14.7. The third kappa shape index (κ3) is 4.09. The fraction of sp³-hybridized carbons (Fsp3) is 0.158. The molecule has 0 fully saturated rings. The first kappa shape index (κ1) is 17.5. The van der Waals surface area contributed by atoms with Crippen LogP contribution in [-0.4, -0.2) is 33.6 Å². The molecule has 1 aliphatic rings. The van der Waals surface area contributed by atoms with Crippen molar-refractivity contribution in [2.45, 2.75) is 12.7 Å². The molecular weight excluding hydrogens is 362 g/mol. The molecule has 0 saturated carbocycles. The highest BCUT2D eigenvalue weighted by Gasteiger charge is 2.28. The Morgan fingerprint density at radius 1 is 1.07 bits per heavy atom. The van der Waals surface area contributed by atoms with Crippen LogP contribution < -0.4 is 20.5 Å². The van der Waals surface area contributed by atoms with E-state index in [9.17, 15) is 4.79 Å². The topological polar surface area (TPSA) is 121 Å². The van der Waals surface area contributed by atoms with E-state index >= 15 is 0 Å². The van der Waals surface area contributed by atoms with Gasteiger partial charge in [0, 0.05) is 5.69 Å². The maximum atomic E-state index is 12.3. The Morgan fingerprint density at radius 2 is 1.82 bits per heavy atom. The zero-order valence-electron chi connectivity index (χ0n) is 14.7. The highest BCUT2D eigenvalue weighted by molar-refractivity contribution is 5.76. The number of nitrogens with two attached hydrogens (primary N) is 1. The second kappa shape index (κ2) is 7.78. The van der Waals surface area contributed by atoms with Crippen LogP contribution in [-0.2, 0) is 16.1 Å². The monoisotopic (exact) mass is 379 g/mol. The van der Waals surface area contributed by atoms with Gasteiger partial charge in [-0.15, -0.1) is 0 Å². The van der Waals surface area contributed by atoms with E-state index in [1.165, 1.54) is 0 Å². The van der Waals surface area contributed by atoms with Crippen LogP contribution in [0.5, 0.6) is 11.5 Å². The van der Waals surface area contributed by atoms with Gasteiger partial charge in [0.1, 0.15) is 6.61 Å². The predicted octanol–water partition coefficient (Wildman–Crippen LogP) is 2.08. The molecule has 4 rings (SSSR count). The molecule has 0 saturated heterocycles. The van der Waals surface area contributed by atoms with E-state index in [-0.39, 0.29) is 30.9 Å². The van der Waals surface area contributed by atoms with Gasteiger partial charge in [0.25, 0.3) is 0 Å². The van der Waals surface area contributed by atoms with E-state index in [0.717, 1.165) is 5.69 Å². The van der Waals surface area contributed by atoms with E-state index in [2.05, 4.69) is 20.3 Å². The van der Waals surface area contributed by atoms with Crippen LogP contribution in [0, 0.1) is 0 Å². The molecule has 0 bridgehead atoms. The van der Waals surface area contributed by atoms with Gasteiger partial charge >= 0.3 is 5.97 Å². The standard InChI is InChI=1S/C19H17N5O4/c20-18-22-16(23-19(24-18)21-12-6-2-1-3-7-12)11-27-17(25)15-10-26-13-8-4-5-9-14(13)28-15/h1-9,15H,10-11H2,(H3,20,21,22,23,24)/t15-/m1/s1. The first-order valence-electron chi connectivity index (χ1n) is 8.55. The highest BCUT2D eigenvalue weighted by atomic mass is 16.6. The van der Waals surface area contributed by atoms with E-state index < -0.39 is 12.1 Å². The molecule has 9 heteroatoms.